The number of carbonyl (C=O) groups is 2. The number of rotatable bonds is 5. The molecule has 0 bridgehead atoms. The second-order valence-corrected chi connectivity index (χ2v) is 5.24. The summed E-state index contributed by atoms with van der Waals surface area (Å²) in [7, 11) is 0. The van der Waals surface area contributed by atoms with Crippen LogP contribution in [0.3, 0.4) is 0 Å². The summed E-state index contributed by atoms with van der Waals surface area (Å²) in [5.74, 6) is -1.20. The largest absolute Gasteiger partial charge is 0.462 e. The van der Waals surface area contributed by atoms with Crippen molar-refractivity contribution in [2.75, 3.05) is 6.61 Å². The van der Waals surface area contributed by atoms with Crippen LogP contribution in [0.1, 0.15) is 30.9 Å². The molecule has 1 aromatic carbocycles. The molecule has 0 atom stereocenters. The third-order valence-corrected chi connectivity index (χ3v) is 3.31. The maximum atomic E-state index is 12.9. The molecule has 6 heteroatoms. The van der Waals surface area contributed by atoms with E-state index in [1.807, 2.05) is 0 Å². The van der Waals surface area contributed by atoms with E-state index in [1.54, 1.807) is 0 Å². The van der Waals surface area contributed by atoms with Gasteiger partial charge in [0, 0.05) is 0 Å². The summed E-state index contributed by atoms with van der Waals surface area (Å²) in [6.07, 6.45) is -1.69. The Kier molecular flexibility index (Phi) is 4.68. The van der Waals surface area contributed by atoms with Crippen LogP contribution in [-0.2, 0) is 20.5 Å². The smallest absolute Gasteiger partial charge is 0.416 e. The zero-order valence-electron chi connectivity index (χ0n) is 11.9. The van der Waals surface area contributed by atoms with E-state index in [-0.39, 0.29) is 17.7 Å². The fourth-order valence-electron chi connectivity index (χ4n) is 1.90. The lowest BCUT2D eigenvalue weighted by atomic mass is 10.0. The Morgan fingerprint density at radius 1 is 1.27 bits per heavy atom. The van der Waals surface area contributed by atoms with Gasteiger partial charge in [-0.3, -0.25) is 4.79 Å². The minimum atomic E-state index is -4.56. The maximum Gasteiger partial charge on any atom is 0.416 e. The normalized spacial score (nSPS) is 15.5. The molecule has 0 N–H and O–H groups in total. The first-order valence-electron chi connectivity index (χ1n) is 6.85. The lowest BCUT2D eigenvalue weighted by Gasteiger charge is -2.11. The molecule has 22 heavy (non-hydrogen) atoms. The molecule has 2 rings (SSSR count). The summed E-state index contributed by atoms with van der Waals surface area (Å²) in [6, 6.07) is 4.77. The van der Waals surface area contributed by atoms with Gasteiger partial charge in [0.05, 0.1) is 12.2 Å². The zero-order chi connectivity index (χ0) is 16.3. The average Bonchev–Trinajstić information content (AvgIpc) is 3.25. The van der Waals surface area contributed by atoms with Crippen molar-refractivity contribution in [1.82, 2.24) is 0 Å². The van der Waals surface area contributed by atoms with Crippen molar-refractivity contribution in [2.24, 2.45) is 5.92 Å². The monoisotopic (exact) mass is 312 g/mol. The van der Waals surface area contributed by atoms with Crippen molar-refractivity contribution in [2.45, 2.75) is 25.9 Å². The molecule has 0 aromatic heterocycles. The predicted octanol–water partition coefficient (Wildman–Crippen LogP) is 3.63. The van der Waals surface area contributed by atoms with Crippen LogP contribution in [0.2, 0.25) is 0 Å². The standard InChI is InChI=1S/C16H15F3O3/c1-10(20)13(15(21)22-9-11-6-7-11)8-12-4-2-3-5-14(12)16(17,18)19/h2-5,8,11H,6-7,9H2,1H3/b13-8+. The zero-order valence-corrected chi connectivity index (χ0v) is 11.9. The summed E-state index contributed by atoms with van der Waals surface area (Å²) in [4.78, 5) is 23.5. The molecule has 1 aromatic rings. The second-order valence-electron chi connectivity index (χ2n) is 5.24. The van der Waals surface area contributed by atoms with Crippen LogP contribution in [0.4, 0.5) is 13.2 Å². The van der Waals surface area contributed by atoms with Crippen molar-refractivity contribution in [1.29, 1.82) is 0 Å². The van der Waals surface area contributed by atoms with Gasteiger partial charge in [-0.05, 0) is 43.4 Å². The molecule has 118 valence electrons. The van der Waals surface area contributed by atoms with Gasteiger partial charge in [0.1, 0.15) is 5.57 Å². The quantitative estimate of drug-likeness (QED) is 0.361. The fraction of sp³-hybridized carbons (Fsp3) is 0.375. The van der Waals surface area contributed by atoms with Gasteiger partial charge < -0.3 is 4.74 Å². The van der Waals surface area contributed by atoms with Gasteiger partial charge in [0.15, 0.2) is 5.78 Å². The van der Waals surface area contributed by atoms with E-state index < -0.39 is 23.5 Å². The highest BCUT2D eigenvalue weighted by molar-refractivity contribution is 6.19. The summed E-state index contributed by atoms with van der Waals surface area (Å²) < 4.78 is 43.8. The molecule has 1 aliphatic carbocycles. The lowest BCUT2D eigenvalue weighted by molar-refractivity contribution is -0.141. The Bertz CT molecular complexity index is 613. The van der Waals surface area contributed by atoms with E-state index in [4.69, 9.17) is 4.74 Å². The van der Waals surface area contributed by atoms with Crippen LogP contribution in [0, 0.1) is 5.92 Å². The minimum Gasteiger partial charge on any atom is -0.462 e. The maximum absolute atomic E-state index is 12.9. The Morgan fingerprint density at radius 2 is 1.91 bits per heavy atom. The van der Waals surface area contributed by atoms with Crippen LogP contribution in [0.15, 0.2) is 29.8 Å². The molecule has 3 nitrogen and oxygen atoms in total. The highest BCUT2D eigenvalue weighted by Crippen LogP contribution is 2.33. The molecule has 0 spiro atoms. The highest BCUT2D eigenvalue weighted by atomic mass is 19.4. The van der Waals surface area contributed by atoms with E-state index in [9.17, 15) is 22.8 Å². The Labute approximate surface area is 125 Å². The van der Waals surface area contributed by atoms with E-state index >= 15 is 0 Å². The van der Waals surface area contributed by atoms with Gasteiger partial charge in [-0.25, -0.2) is 4.79 Å². The number of hydrogen-bond acceptors (Lipinski definition) is 3. The number of benzene rings is 1. The molecule has 1 fully saturated rings. The van der Waals surface area contributed by atoms with Gasteiger partial charge in [-0.15, -0.1) is 0 Å². The van der Waals surface area contributed by atoms with Crippen LogP contribution in [0.5, 0.6) is 0 Å². The fourth-order valence-corrected chi connectivity index (χ4v) is 1.90. The molecule has 0 aliphatic heterocycles. The van der Waals surface area contributed by atoms with E-state index in [1.165, 1.54) is 18.2 Å². The number of esters is 1. The average molecular weight is 312 g/mol. The number of halogens is 3. The molecule has 1 aliphatic rings. The Balaban J connectivity index is 2.29. The topological polar surface area (TPSA) is 43.4 Å². The lowest BCUT2D eigenvalue weighted by Crippen LogP contribution is -2.15. The number of alkyl halides is 3. The van der Waals surface area contributed by atoms with Crippen molar-refractivity contribution in [3.8, 4) is 0 Å². The van der Waals surface area contributed by atoms with Gasteiger partial charge in [-0.1, -0.05) is 18.2 Å². The first-order valence-corrected chi connectivity index (χ1v) is 6.85. The van der Waals surface area contributed by atoms with E-state index in [0.717, 1.165) is 31.9 Å². The number of Topliss-reactive ketones (excluding diaryl/α,β-unsaturated/α-hetero) is 1. The van der Waals surface area contributed by atoms with Crippen molar-refractivity contribution < 1.29 is 27.5 Å². The summed E-state index contributed by atoms with van der Waals surface area (Å²) in [5.41, 5.74) is -1.51. The van der Waals surface area contributed by atoms with Crippen molar-refractivity contribution in [3.05, 3.63) is 41.0 Å². The van der Waals surface area contributed by atoms with Gasteiger partial charge >= 0.3 is 12.1 Å². The van der Waals surface area contributed by atoms with Gasteiger partial charge in [0.25, 0.3) is 0 Å². The molecular formula is C16H15F3O3. The third kappa shape index (κ3) is 4.19. The van der Waals surface area contributed by atoms with Crippen LogP contribution in [0.25, 0.3) is 6.08 Å². The molecule has 0 radical (unpaired) electrons. The number of ether oxygens (including phenoxy) is 1. The molecule has 0 amide bonds. The minimum absolute atomic E-state index is 0.199. The summed E-state index contributed by atoms with van der Waals surface area (Å²) in [6.45, 7) is 1.32. The first-order chi connectivity index (χ1) is 10.3. The summed E-state index contributed by atoms with van der Waals surface area (Å²) >= 11 is 0. The Morgan fingerprint density at radius 3 is 2.45 bits per heavy atom. The molecule has 1 saturated carbocycles. The molecule has 0 unspecified atom stereocenters. The molecule has 0 saturated heterocycles. The SMILES string of the molecule is CC(=O)/C(=C\c1ccccc1C(F)(F)F)C(=O)OCC1CC1. The number of ketones is 1. The van der Waals surface area contributed by atoms with Crippen molar-refractivity contribution >= 4 is 17.8 Å². The van der Waals surface area contributed by atoms with Gasteiger partial charge in [0.2, 0.25) is 0 Å². The Hall–Kier alpha value is -2.11. The van der Waals surface area contributed by atoms with Crippen LogP contribution >= 0.6 is 0 Å². The predicted molar refractivity (Wildman–Crippen MR) is 73.8 cm³/mol. The third-order valence-electron chi connectivity index (χ3n) is 3.31. The van der Waals surface area contributed by atoms with Crippen molar-refractivity contribution in [3.63, 3.8) is 0 Å². The first kappa shape index (κ1) is 16.3. The number of carbonyl (C=O) groups excluding carboxylic acids is 2. The number of hydrogen-bond donors (Lipinski definition) is 0. The molecule has 0 heterocycles. The highest BCUT2D eigenvalue weighted by Gasteiger charge is 2.33. The van der Waals surface area contributed by atoms with Crippen LogP contribution < -0.4 is 0 Å². The van der Waals surface area contributed by atoms with Gasteiger partial charge in [-0.2, -0.15) is 13.2 Å². The molecular weight excluding hydrogens is 297 g/mol. The van der Waals surface area contributed by atoms with Crippen LogP contribution in [-0.4, -0.2) is 18.4 Å². The van der Waals surface area contributed by atoms with E-state index in [2.05, 4.69) is 0 Å². The second kappa shape index (κ2) is 6.34. The van der Waals surface area contributed by atoms with E-state index in [0.29, 0.717) is 5.92 Å². The summed E-state index contributed by atoms with van der Waals surface area (Å²) in [5, 5.41) is 0.